The first-order valence-corrected chi connectivity index (χ1v) is 11.1. The van der Waals surface area contributed by atoms with Gasteiger partial charge in [-0.3, -0.25) is 9.59 Å². The van der Waals surface area contributed by atoms with Gasteiger partial charge in [0.05, 0.1) is 5.56 Å². The first-order valence-electron chi connectivity index (χ1n) is 11.1. The van der Waals surface area contributed by atoms with Crippen LogP contribution in [-0.2, 0) is 16.2 Å². The number of amides is 4. The summed E-state index contributed by atoms with van der Waals surface area (Å²) in [6.07, 6.45) is 1.49. The molecule has 9 heteroatoms. The molecule has 0 atom stereocenters. The Morgan fingerprint density at radius 2 is 1.69 bits per heavy atom. The number of urea groups is 1. The lowest BCUT2D eigenvalue weighted by Crippen LogP contribution is -2.38. The molecule has 1 saturated heterocycles. The number of aryl methyl sites for hydroxylation is 1. The van der Waals surface area contributed by atoms with Crippen LogP contribution in [0.15, 0.2) is 78.5 Å². The summed E-state index contributed by atoms with van der Waals surface area (Å²) in [6.45, 7) is 1.58. The minimum absolute atomic E-state index is 0.0190. The molecule has 0 saturated carbocycles. The summed E-state index contributed by atoms with van der Waals surface area (Å²) in [7, 11) is 0. The minimum Gasteiger partial charge on any atom is -0.488 e. The van der Waals surface area contributed by atoms with Crippen LogP contribution in [0.5, 0.6) is 5.75 Å². The number of rotatable bonds is 8. The average molecular weight is 485 g/mol. The molecule has 0 aliphatic carbocycles. The number of hydrogen-bond donors (Lipinski definition) is 3. The summed E-state index contributed by atoms with van der Waals surface area (Å²) in [4.78, 5) is 49.6. The molecule has 3 aromatic rings. The van der Waals surface area contributed by atoms with Crippen LogP contribution < -0.4 is 15.4 Å². The maximum atomic E-state index is 12.9. The Kier molecular flexibility index (Phi) is 7.10. The molecule has 0 spiro atoms. The number of benzene rings is 3. The molecule has 0 bridgehead atoms. The van der Waals surface area contributed by atoms with Gasteiger partial charge >= 0.3 is 12.0 Å². The Labute approximate surface area is 207 Å². The van der Waals surface area contributed by atoms with Gasteiger partial charge in [0.25, 0.3) is 5.91 Å². The van der Waals surface area contributed by atoms with Gasteiger partial charge in [-0.05, 0) is 48.4 Å². The zero-order chi connectivity index (χ0) is 25.7. The van der Waals surface area contributed by atoms with E-state index >= 15 is 0 Å². The highest BCUT2D eigenvalue weighted by molar-refractivity contribution is 6.16. The van der Waals surface area contributed by atoms with E-state index in [1.807, 2.05) is 19.1 Å². The Balaban J connectivity index is 1.44. The summed E-state index contributed by atoms with van der Waals surface area (Å²) in [5.74, 6) is -1.67. The van der Waals surface area contributed by atoms with Crippen LogP contribution in [-0.4, -0.2) is 40.4 Å². The smallest absolute Gasteiger partial charge is 0.335 e. The zero-order valence-electron chi connectivity index (χ0n) is 19.4. The SMILES string of the molecule is Cc1ccccc1NC(=O)CN1C(=O)N/C(=C\c2ccccc2OCc2ccc(C(=O)O)cc2)C1=O. The van der Waals surface area contributed by atoms with Crippen LogP contribution in [0.4, 0.5) is 10.5 Å². The molecular formula is C27H23N3O6. The molecule has 3 aromatic carbocycles. The summed E-state index contributed by atoms with van der Waals surface area (Å²) in [6, 6.07) is 19.8. The summed E-state index contributed by atoms with van der Waals surface area (Å²) < 4.78 is 5.87. The van der Waals surface area contributed by atoms with E-state index in [-0.39, 0.29) is 17.9 Å². The third kappa shape index (κ3) is 5.58. The van der Waals surface area contributed by atoms with Gasteiger partial charge in [-0.1, -0.05) is 48.5 Å². The van der Waals surface area contributed by atoms with Crippen molar-refractivity contribution in [2.75, 3.05) is 11.9 Å². The fraction of sp³-hybridized carbons (Fsp3) is 0.111. The number of anilines is 1. The molecule has 9 nitrogen and oxygen atoms in total. The maximum Gasteiger partial charge on any atom is 0.335 e. The normalized spacial score (nSPS) is 14.0. The highest BCUT2D eigenvalue weighted by atomic mass is 16.5. The van der Waals surface area contributed by atoms with E-state index in [4.69, 9.17) is 9.84 Å². The molecule has 0 unspecified atom stereocenters. The molecule has 0 aromatic heterocycles. The Morgan fingerprint density at radius 3 is 2.42 bits per heavy atom. The van der Waals surface area contributed by atoms with E-state index in [9.17, 15) is 19.2 Å². The van der Waals surface area contributed by atoms with Crippen LogP contribution in [0, 0.1) is 6.92 Å². The number of nitrogens with zero attached hydrogens (tertiary/aromatic N) is 1. The molecule has 1 heterocycles. The van der Waals surface area contributed by atoms with Crippen LogP contribution in [0.1, 0.15) is 27.0 Å². The quantitative estimate of drug-likeness (QED) is 0.329. The fourth-order valence-electron chi connectivity index (χ4n) is 3.55. The Bertz CT molecular complexity index is 1360. The minimum atomic E-state index is -1.01. The standard InChI is InChI=1S/C27H23N3O6/c1-17-6-2-4-8-21(17)28-24(31)15-30-25(32)22(29-27(30)35)14-20-7-3-5-9-23(20)36-16-18-10-12-19(13-11-18)26(33)34/h2-14H,15-16H2,1H3,(H,28,31)(H,29,35)(H,33,34)/b22-14-. The fourth-order valence-corrected chi connectivity index (χ4v) is 3.55. The molecule has 1 aliphatic rings. The van der Waals surface area contributed by atoms with Crippen molar-refractivity contribution in [3.63, 3.8) is 0 Å². The lowest BCUT2D eigenvalue weighted by molar-refractivity contribution is -0.127. The predicted octanol–water partition coefficient (Wildman–Crippen LogP) is 3.80. The van der Waals surface area contributed by atoms with Gasteiger partial charge in [-0.2, -0.15) is 0 Å². The van der Waals surface area contributed by atoms with Gasteiger partial charge in [0, 0.05) is 11.3 Å². The topological polar surface area (TPSA) is 125 Å². The number of aromatic carboxylic acids is 1. The van der Waals surface area contributed by atoms with E-state index in [0.29, 0.717) is 17.0 Å². The third-order valence-electron chi connectivity index (χ3n) is 5.50. The first kappa shape index (κ1) is 24.2. The lowest BCUT2D eigenvalue weighted by Gasteiger charge is -2.13. The lowest BCUT2D eigenvalue weighted by atomic mass is 10.1. The van der Waals surface area contributed by atoms with Crippen molar-refractivity contribution in [1.29, 1.82) is 0 Å². The summed E-state index contributed by atoms with van der Waals surface area (Å²) in [5.41, 5.74) is 2.97. The number of carbonyl (C=O) groups is 4. The van der Waals surface area contributed by atoms with Crippen LogP contribution >= 0.6 is 0 Å². The number of imide groups is 1. The van der Waals surface area contributed by atoms with Crippen molar-refractivity contribution in [3.05, 3.63) is 101 Å². The van der Waals surface area contributed by atoms with Crippen molar-refractivity contribution >= 4 is 35.6 Å². The highest BCUT2D eigenvalue weighted by Crippen LogP contribution is 2.24. The van der Waals surface area contributed by atoms with Crippen molar-refractivity contribution in [2.24, 2.45) is 0 Å². The molecule has 1 fully saturated rings. The van der Waals surface area contributed by atoms with Gasteiger partial charge < -0.3 is 20.5 Å². The van der Waals surface area contributed by atoms with Crippen molar-refractivity contribution in [1.82, 2.24) is 10.2 Å². The number of hydrogen-bond acceptors (Lipinski definition) is 5. The molecule has 4 rings (SSSR count). The second-order valence-electron chi connectivity index (χ2n) is 8.07. The van der Waals surface area contributed by atoms with Crippen molar-refractivity contribution < 1.29 is 29.0 Å². The second-order valence-corrected chi connectivity index (χ2v) is 8.07. The number of ether oxygens (including phenoxy) is 1. The van der Waals surface area contributed by atoms with E-state index < -0.39 is 30.4 Å². The molecule has 1 aliphatic heterocycles. The highest BCUT2D eigenvalue weighted by Gasteiger charge is 2.35. The number of carboxylic acid groups (broad SMARTS) is 1. The number of nitrogens with one attached hydrogen (secondary N) is 2. The zero-order valence-corrected chi connectivity index (χ0v) is 19.4. The Morgan fingerprint density at radius 1 is 1.00 bits per heavy atom. The number of carbonyl (C=O) groups excluding carboxylic acids is 3. The Hall–Kier alpha value is -4.92. The predicted molar refractivity (Wildman–Crippen MR) is 132 cm³/mol. The molecule has 3 N–H and O–H groups in total. The summed E-state index contributed by atoms with van der Waals surface area (Å²) in [5, 5.41) is 14.2. The van der Waals surface area contributed by atoms with E-state index in [1.54, 1.807) is 48.5 Å². The molecule has 4 amide bonds. The van der Waals surface area contributed by atoms with Crippen LogP contribution in [0.2, 0.25) is 0 Å². The van der Waals surface area contributed by atoms with Gasteiger partial charge in [0.2, 0.25) is 5.91 Å². The van der Waals surface area contributed by atoms with Crippen molar-refractivity contribution in [2.45, 2.75) is 13.5 Å². The van der Waals surface area contributed by atoms with Gasteiger partial charge in [0.1, 0.15) is 24.6 Å². The number of para-hydroxylation sites is 2. The van der Waals surface area contributed by atoms with Gasteiger partial charge in [0.15, 0.2) is 0 Å². The van der Waals surface area contributed by atoms with E-state index in [0.717, 1.165) is 16.0 Å². The van der Waals surface area contributed by atoms with Crippen LogP contribution in [0.25, 0.3) is 6.08 Å². The third-order valence-corrected chi connectivity index (χ3v) is 5.50. The van der Waals surface area contributed by atoms with Crippen LogP contribution in [0.3, 0.4) is 0 Å². The molecule has 0 radical (unpaired) electrons. The summed E-state index contributed by atoms with van der Waals surface area (Å²) >= 11 is 0. The largest absolute Gasteiger partial charge is 0.488 e. The monoisotopic (exact) mass is 485 g/mol. The van der Waals surface area contributed by atoms with E-state index in [1.165, 1.54) is 18.2 Å². The van der Waals surface area contributed by atoms with Gasteiger partial charge in [-0.15, -0.1) is 0 Å². The van der Waals surface area contributed by atoms with Gasteiger partial charge in [-0.25, -0.2) is 14.5 Å². The average Bonchev–Trinajstić information content (AvgIpc) is 3.12. The second kappa shape index (κ2) is 10.6. The van der Waals surface area contributed by atoms with E-state index in [2.05, 4.69) is 10.6 Å². The number of carboxylic acids is 1. The molecule has 36 heavy (non-hydrogen) atoms. The first-order chi connectivity index (χ1) is 17.3. The molecular weight excluding hydrogens is 462 g/mol. The molecule has 182 valence electrons. The van der Waals surface area contributed by atoms with Crippen molar-refractivity contribution in [3.8, 4) is 5.75 Å². The maximum absolute atomic E-state index is 12.9.